The Morgan fingerprint density at radius 2 is 1.87 bits per heavy atom. The summed E-state index contributed by atoms with van der Waals surface area (Å²) >= 11 is 0. The Labute approximate surface area is 133 Å². The Morgan fingerprint density at radius 3 is 2.48 bits per heavy atom. The number of amides is 1. The predicted octanol–water partition coefficient (Wildman–Crippen LogP) is 0.761. The highest BCUT2D eigenvalue weighted by molar-refractivity contribution is 5.96. The molecule has 1 amide bonds. The topological polar surface area (TPSA) is 111 Å². The van der Waals surface area contributed by atoms with Crippen molar-refractivity contribution in [3.05, 3.63) is 34.9 Å². The van der Waals surface area contributed by atoms with Gasteiger partial charge in [-0.25, -0.2) is 14.8 Å². The van der Waals surface area contributed by atoms with Crippen molar-refractivity contribution in [1.82, 2.24) is 25.2 Å². The summed E-state index contributed by atoms with van der Waals surface area (Å²) in [5.74, 6) is -0.775. The lowest BCUT2D eigenvalue weighted by Crippen LogP contribution is -2.30. The average Bonchev–Trinajstić information content (AvgIpc) is 2.86. The van der Waals surface area contributed by atoms with Gasteiger partial charge in [-0.15, -0.1) is 0 Å². The van der Waals surface area contributed by atoms with E-state index < -0.39 is 11.9 Å². The van der Waals surface area contributed by atoms with Crippen molar-refractivity contribution in [3.8, 4) is 0 Å². The van der Waals surface area contributed by atoms with E-state index >= 15 is 0 Å². The minimum atomic E-state index is -0.535. The van der Waals surface area contributed by atoms with Crippen molar-refractivity contribution in [1.29, 1.82) is 0 Å². The summed E-state index contributed by atoms with van der Waals surface area (Å²) in [5.41, 5.74) is 6.88. The number of aryl methyl sites for hydroxylation is 3. The Kier molecular flexibility index (Phi) is 4.89. The van der Waals surface area contributed by atoms with E-state index in [1.165, 1.54) is 10.7 Å². The molecule has 0 spiro atoms. The zero-order chi connectivity index (χ0) is 17.0. The van der Waals surface area contributed by atoms with Crippen LogP contribution in [-0.4, -0.2) is 38.2 Å². The molecule has 0 atom stereocenters. The van der Waals surface area contributed by atoms with Crippen LogP contribution in [-0.2, 0) is 11.8 Å². The van der Waals surface area contributed by atoms with Gasteiger partial charge < -0.3 is 4.74 Å². The number of hydrogen-bond acceptors (Lipinski definition) is 7. The Balaban J connectivity index is 2.06. The van der Waals surface area contributed by atoms with Crippen molar-refractivity contribution < 1.29 is 14.3 Å². The molecule has 2 N–H and O–H groups in total. The van der Waals surface area contributed by atoms with E-state index in [4.69, 9.17) is 4.74 Å². The van der Waals surface area contributed by atoms with Crippen molar-refractivity contribution in [2.45, 2.75) is 20.8 Å². The second-order valence-electron chi connectivity index (χ2n) is 4.81. The highest BCUT2D eigenvalue weighted by atomic mass is 16.5. The van der Waals surface area contributed by atoms with Gasteiger partial charge in [-0.1, -0.05) is 0 Å². The number of nitrogens with zero attached hydrogens (tertiary/aromatic N) is 4. The Morgan fingerprint density at radius 1 is 1.22 bits per heavy atom. The van der Waals surface area contributed by atoms with Crippen LogP contribution in [0.1, 0.15) is 39.3 Å². The van der Waals surface area contributed by atoms with E-state index in [2.05, 4.69) is 25.9 Å². The summed E-state index contributed by atoms with van der Waals surface area (Å²) in [4.78, 5) is 32.1. The van der Waals surface area contributed by atoms with Gasteiger partial charge in [-0.3, -0.25) is 20.3 Å². The van der Waals surface area contributed by atoms with Crippen LogP contribution in [0.2, 0.25) is 0 Å². The van der Waals surface area contributed by atoms with Gasteiger partial charge in [-0.2, -0.15) is 5.10 Å². The first-order valence-electron chi connectivity index (χ1n) is 7.00. The number of hydrazine groups is 1. The van der Waals surface area contributed by atoms with Crippen LogP contribution in [0.4, 0.5) is 5.95 Å². The summed E-state index contributed by atoms with van der Waals surface area (Å²) in [6.45, 7) is 5.60. The smallest absolute Gasteiger partial charge is 0.356 e. The maximum absolute atomic E-state index is 12.1. The third-order valence-corrected chi connectivity index (χ3v) is 2.87. The van der Waals surface area contributed by atoms with Crippen LogP contribution in [0.25, 0.3) is 0 Å². The molecule has 0 bridgehead atoms. The van der Waals surface area contributed by atoms with Gasteiger partial charge in [0.15, 0.2) is 5.69 Å². The number of carbonyl (C=O) groups is 2. The zero-order valence-corrected chi connectivity index (χ0v) is 13.4. The molecular weight excluding hydrogens is 300 g/mol. The molecule has 0 aromatic carbocycles. The van der Waals surface area contributed by atoms with Gasteiger partial charge in [0, 0.05) is 24.5 Å². The average molecular weight is 318 g/mol. The number of hydrogen-bond donors (Lipinski definition) is 2. The predicted molar refractivity (Wildman–Crippen MR) is 81.8 cm³/mol. The van der Waals surface area contributed by atoms with Crippen LogP contribution >= 0.6 is 0 Å². The van der Waals surface area contributed by atoms with Crippen molar-refractivity contribution >= 4 is 17.8 Å². The SMILES string of the molecule is CCOC(=O)c1cc(C(=O)NNc2nc(C)cc(C)n2)nn1C. The van der Waals surface area contributed by atoms with E-state index in [0.717, 1.165) is 11.4 Å². The maximum atomic E-state index is 12.1. The first-order valence-corrected chi connectivity index (χ1v) is 7.00. The van der Waals surface area contributed by atoms with E-state index in [9.17, 15) is 9.59 Å². The standard InChI is InChI=1S/C14H18N6O3/c1-5-23-13(22)11-7-10(19-20(11)4)12(21)17-18-14-15-8(2)6-9(3)16-14/h6-7H,5H2,1-4H3,(H,17,21)(H,15,16,18). The molecule has 0 aliphatic heterocycles. The summed E-state index contributed by atoms with van der Waals surface area (Å²) in [5, 5.41) is 3.98. The lowest BCUT2D eigenvalue weighted by atomic mass is 10.3. The first kappa shape index (κ1) is 16.4. The molecule has 2 aromatic heterocycles. The normalized spacial score (nSPS) is 10.3. The van der Waals surface area contributed by atoms with Crippen molar-refractivity contribution in [3.63, 3.8) is 0 Å². The number of nitrogens with one attached hydrogen (secondary N) is 2. The molecule has 122 valence electrons. The molecule has 0 aliphatic carbocycles. The summed E-state index contributed by atoms with van der Waals surface area (Å²) in [7, 11) is 1.56. The van der Waals surface area contributed by atoms with Gasteiger partial charge in [0.1, 0.15) is 5.69 Å². The molecule has 0 aliphatic rings. The summed E-state index contributed by atoms with van der Waals surface area (Å²) in [6, 6.07) is 3.18. The van der Waals surface area contributed by atoms with Gasteiger partial charge in [0.25, 0.3) is 5.91 Å². The van der Waals surface area contributed by atoms with E-state index in [1.807, 2.05) is 19.9 Å². The lowest BCUT2D eigenvalue weighted by Gasteiger charge is -2.06. The van der Waals surface area contributed by atoms with Crippen molar-refractivity contribution in [2.75, 3.05) is 12.0 Å². The van der Waals surface area contributed by atoms with Gasteiger partial charge >= 0.3 is 5.97 Å². The molecule has 0 unspecified atom stereocenters. The highest BCUT2D eigenvalue weighted by Gasteiger charge is 2.18. The number of anilines is 1. The van der Waals surface area contributed by atoms with E-state index in [0.29, 0.717) is 0 Å². The quantitative estimate of drug-likeness (QED) is 0.618. The number of esters is 1. The largest absolute Gasteiger partial charge is 0.461 e. The number of aromatic nitrogens is 4. The van der Waals surface area contributed by atoms with Crippen LogP contribution in [0.5, 0.6) is 0 Å². The monoisotopic (exact) mass is 318 g/mol. The molecule has 0 radical (unpaired) electrons. The number of ether oxygens (including phenoxy) is 1. The summed E-state index contributed by atoms with van der Waals surface area (Å²) < 4.78 is 6.18. The third kappa shape index (κ3) is 4.02. The molecule has 0 saturated carbocycles. The number of carbonyl (C=O) groups excluding carboxylic acids is 2. The fourth-order valence-electron chi connectivity index (χ4n) is 1.93. The Hall–Kier alpha value is -2.97. The second-order valence-corrected chi connectivity index (χ2v) is 4.81. The molecule has 2 rings (SSSR count). The van der Waals surface area contributed by atoms with Crippen LogP contribution in [0.15, 0.2) is 12.1 Å². The maximum Gasteiger partial charge on any atom is 0.356 e. The lowest BCUT2D eigenvalue weighted by molar-refractivity contribution is 0.0513. The Bertz CT molecular complexity index is 720. The first-order chi connectivity index (χ1) is 10.9. The highest BCUT2D eigenvalue weighted by Crippen LogP contribution is 2.06. The molecule has 2 aromatic rings. The van der Waals surface area contributed by atoms with Crippen LogP contribution in [0, 0.1) is 13.8 Å². The molecule has 0 fully saturated rings. The van der Waals surface area contributed by atoms with E-state index in [-0.39, 0.29) is 23.9 Å². The molecule has 23 heavy (non-hydrogen) atoms. The van der Waals surface area contributed by atoms with Crippen molar-refractivity contribution in [2.24, 2.45) is 7.05 Å². The third-order valence-electron chi connectivity index (χ3n) is 2.87. The van der Waals surface area contributed by atoms with Gasteiger partial charge in [0.2, 0.25) is 5.95 Å². The second kappa shape index (κ2) is 6.86. The van der Waals surface area contributed by atoms with Crippen LogP contribution in [0.3, 0.4) is 0 Å². The molecule has 9 nitrogen and oxygen atoms in total. The molecule has 2 heterocycles. The number of rotatable bonds is 5. The van der Waals surface area contributed by atoms with E-state index in [1.54, 1.807) is 14.0 Å². The van der Waals surface area contributed by atoms with Gasteiger partial charge in [0.05, 0.1) is 6.61 Å². The van der Waals surface area contributed by atoms with Gasteiger partial charge in [-0.05, 0) is 26.8 Å². The fraction of sp³-hybridized carbons (Fsp3) is 0.357. The summed E-state index contributed by atoms with van der Waals surface area (Å²) in [6.07, 6.45) is 0. The minimum absolute atomic E-state index is 0.0763. The molecule has 0 saturated heterocycles. The minimum Gasteiger partial charge on any atom is -0.461 e. The fourth-order valence-corrected chi connectivity index (χ4v) is 1.93. The molecule has 9 heteroatoms. The van der Waals surface area contributed by atoms with Crippen LogP contribution < -0.4 is 10.9 Å². The molecular formula is C14H18N6O3. The zero-order valence-electron chi connectivity index (χ0n) is 13.4.